The molecule has 0 bridgehead atoms. The van der Waals surface area contributed by atoms with E-state index in [9.17, 15) is 18.3 Å². The number of nitrogens with zero attached hydrogens (tertiary/aromatic N) is 3. The number of rotatable bonds is 4. The Morgan fingerprint density at radius 3 is 2.31 bits per heavy atom. The molecule has 4 aliphatic heterocycles. The first-order valence-electron chi connectivity index (χ1n) is 11.9. The lowest BCUT2D eigenvalue weighted by Gasteiger charge is -2.29. The highest BCUT2D eigenvalue weighted by molar-refractivity contribution is 7.89. The molecule has 0 aromatic heterocycles. The summed E-state index contributed by atoms with van der Waals surface area (Å²) in [6.07, 6.45) is -1.30. The zero-order valence-electron chi connectivity index (χ0n) is 19.8. The number of likely N-dealkylation sites (N-methyl/N-ethyl adjacent to an activating group) is 1. The largest absolute Gasteiger partial charge is 0.490 e. The Balaban J connectivity index is 1.12. The van der Waals surface area contributed by atoms with Gasteiger partial charge in [0.1, 0.15) is 25.6 Å². The van der Waals surface area contributed by atoms with Gasteiger partial charge >= 0.3 is 0 Å². The molecule has 1 atom stereocenters. The van der Waals surface area contributed by atoms with Crippen LogP contribution in [0.5, 0.6) is 17.2 Å². The summed E-state index contributed by atoms with van der Waals surface area (Å²) in [5.74, 6) is 1.29. The third kappa shape index (κ3) is 3.87. The van der Waals surface area contributed by atoms with Crippen molar-refractivity contribution in [1.82, 2.24) is 9.21 Å². The van der Waals surface area contributed by atoms with E-state index in [-0.39, 0.29) is 18.0 Å². The summed E-state index contributed by atoms with van der Waals surface area (Å²) in [5.41, 5.74) is 3.14. The highest BCUT2D eigenvalue weighted by atomic mass is 32.2. The average molecular weight is 514 g/mol. The molecule has 0 saturated heterocycles. The topological polar surface area (TPSA) is 109 Å². The Hall–Kier alpha value is -3.28. The Morgan fingerprint density at radius 1 is 0.889 bits per heavy atom. The minimum absolute atomic E-state index is 0.151. The summed E-state index contributed by atoms with van der Waals surface area (Å²) in [6.45, 7) is 3.16. The van der Waals surface area contributed by atoms with Crippen molar-refractivity contribution in [1.29, 1.82) is 0 Å². The molecule has 1 amide bonds. The predicted molar refractivity (Wildman–Crippen MR) is 130 cm³/mol. The zero-order chi connectivity index (χ0) is 25.0. The van der Waals surface area contributed by atoms with Gasteiger partial charge in [-0.05, 0) is 41.0 Å². The van der Waals surface area contributed by atoms with Gasteiger partial charge in [0.2, 0.25) is 10.0 Å². The highest BCUT2D eigenvalue weighted by Gasteiger charge is 2.39. The molecule has 0 unspecified atom stereocenters. The molecule has 4 heterocycles. The van der Waals surface area contributed by atoms with Gasteiger partial charge in [0, 0.05) is 39.3 Å². The highest BCUT2D eigenvalue weighted by Crippen LogP contribution is 2.37. The van der Waals surface area contributed by atoms with Crippen LogP contribution in [0.2, 0.25) is 0 Å². The number of hydrogen-bond donors (Lipinski definition) is 1. The van der Waals surface area contributed by atoms with E-state index < -0.39 is 22.0 Å². The number of anilines is 1. The summed E-state index contributed by atoms with van der Waals surface area (Å²) in [5, 5.41) is 10.8. The second-order valence-corrected chi connectivity index (χ2v) is 11.3. The quantitative estimate of drug-likeness (QED) is 0.607. The Morgan fingerprint density at radius 2 is 1.56 bits per heavy atom. The molecule has 190 valence electrons. The van der Waals surface area contributed by atoms with Crippen LogP contribution in [0.15, 0.2) is 52.4 Å². The van der Waals surface area contributed by atoms with Gasteiger partial charge in [-0.3, -0.25) is 4.79 Å². The molecule has 2 aromatic rings. The van der Waals surface area contributed by atoms with E-state index in [1.807, 2.05) is 11.9 Å². The van der Waals surface area contributed by atoms with Crippen LogP contribution in [0.4, 0.5) is 5.69 Å². The van der Waals surface area contributed by atoms with Crippen molar-refractivity contribution in [2.45, 2.75) is 11.0 Å². The molecule has 1 N–H and O–H groups in total. The molecule has 0 fully saturated rings. The van der Waals surface area contributed by atoms with Crippen LogP contribution >= 0.6 is 0 Å². The van der Waals surface area contributed by atoms with Gasteiger partial charge in [-0.2, -0.15) is 4.31 Å². The number of carbonyl (C=O) groups excluding carboxylic acids is 1. The number of fused-ring (bicyclic) bond motifs is 2. The van der Waals surface area contributed by atoms with Crippen LogP contribution in [0.1, 0.15) is 11.7 Å². The van der Waals surface area contributed by atoms with Crippen molar-refractivity contribution < 1.29 is 32.5 Å². The lowest BCUT2D eigenvalue weighted by atomic mass is 10.1. The van der Waals surface area contributed by atoms with E-state index in [4.69, 9.17) is 14.2 Å². The smallest absolute Gasteiger partial charge is 0.256 e. The van der Waals surface area contributed by atoms with Crippen LogP contribution in [-0.2, 0) is 14.8 Å². The third-order valence-corrected chi connectivity index (χ3v) is 8.88. The summed E-state index contributed by atoms with van der Waals surface area (Å²) >= 11 is 0. The van der Waals surface area contributed by atoms with Crippen LogP contribution < -0.4 is 19.1 Å². The predicted octanol–water partition coefficient (Wildman–Crippen LogP) is 1.16. The lowest BCUT2D eigenvalue weighted by molar-refractivity contribution is -0.139. The van der Waals surface area contributed by atoms with E-state index in [0.717, 1.165) is 29.1 Å². The molecular weight excluding hydrogens is 486 g/mol. The third-order valence-electron chi connectivity index (χ3n) is 7.09. The fraction of sp³-hybridized carbons (Fsp3) is 0.400. The summed E-state index contributed by atoms with van der Waals surface area (Å²) in [4.78, 5) is 16.9. The molecule has 6 rings (SSSR count). The fourth-order valence-corrected chi connectivity index (χ4v) is 6.50. The number of sulfonamides is 1. The minimum Gasteiger partial charge on any atom is -0.490 e. The van der Waals surface area contributed by atoms with Crippen molar-refractivity contribution in [3.63, 3.8) is 0 Å². The summed E-state index contributed by atoms with van der Waals surface area (Å²) in [7, 11) is -1.80. The van der Waals surface area contributed by atoms with Gasteiger partial charge in [0.25, 0.3) is 5.91 Å². The van der Waals surface area contributed by atoms with Crippen molar-refractivity contribution in [2.24, 2.45) is 0 Å². The number of ether oxygens (including phenoxy) is 3. The Kier molecular flexibility index (Phi) is 5.58. The van der Waals surface area contributed by atoms with Crippen molar-refractivity contribution >= 4 is 21.6 Å². The molecule has 36 heavy (non-hydrogen) atoms. The van der Waals surface area contributed by atoms with Crippen LogP contribution in [0.3, 0.4) is 0 Å². The molecule has 0 saturated carbocycles. The van der Waals surface area contributed by atoms with Crippen molar-refractivity contribution in [2.75, 3.05) is 64.5 Å². The first kappa shape index (κ1) is 23.1. The maximum absolute atomic E-state index is 13.3. The minimum atomic E-state index is -3.74. The first-order chi connectivity index (χ1) is 17.3. The average Bonchev–Trinajstić information content (AvgIpc) is 3.48. The van der Waals surface area contributed by atoms with E-state index in [1.54, 1.807) is 29.2 Å². The Labute approximate surface area is 209 Å². The number of aliphatic hydroxyl groups excluding tert-OH is 1. The number of aliphatic hydroxyl groups is 1. The molecule has 2 aromatic carbocycles. The van der Waals surface area contributed by atoms with E-state index in [2.05, 4.69) is 0 Å². The Bertz CT molecular complexity index is 1360. The van der Waals surface area contributed by atoms with Crippen LogP contribution in [-0.4, -0.2) is 88.2 Å². The van der Waals surface area contributed by atoms with Crippen molar-refractivity contribution in [3.05, 3.63) is 53.1 Å². The zero-order valence-corrected chi connectivity index (χ0v) is 20.7. The van der Waals surface area contributed by atoms with Crippen LogP contribution in [0.25, 0.3) is 0 Å². The SMILES string of the molecule is CN1CCOc2ccc([C@H](O)C(=O)N3CC4=C(C3)CN(S(=O)(=O)c3ccc5c(c3)OCCO5)C4)cc21. The standard InChI is InChI=1S/C25H27N3O7S/c1-26-6-7-33-21-4-2-16(10-20(21)26)24(29)25(30)27-12-17-14-28(15-18(17)13-27)36(31,32)19-3-5-22-23(11-19)35-9-8-34-22/h2-5,10-11,24,29H,6-9,12-15H2,1H3/t24-/m0/s1. The maximum Gasteiger partial charge on any atom is 0.256 e. The fourth-order valence-electron chi connectivity index (χ4n) is 5.06. The van der Waals surface area contributed by atoms with E-state index in [0.29, 0.717) is 50.0 Å². The molecule has 0 aliphatic carbocycles. The van der Waals surface area contributed by atoms with Gasteiger partial charge in [0.15, 0.2) is 17.6 Å². The van der Waals surface area contributed by atoms with E-state index in [1.165, 1.54) is 16.4 Å². The molecule has 11 heteroatoms. The molecular formula is C25H27N3O7S. The monoisotopic (exact) mass is 513 g/mol. The van der Waals surface area contributed by atoms with Crippen molar-refractivity contribution in [3.8, 4) is 17.2 Å². The van der Waals surface area contributed by atoms with Gasteiger partial charge in [0.05, 0.1) is 17.1 Å². The van der Waals surface area contributed by atoms with Crippen LogP contribution in [0, 0.1) is 0 Å². The molecule has 10 nitrogen and oxygen atoms in total. The summed E-state index contributed by atoms with van der Waals surface area (Å²) < 4.78 is 44.6. The first-order valence-corrected chi connectivity index (χ1v) is 13.3. The van der Waals surface area contributed by atoms with Gasteiger partial charge in [-0.1, -0.05) is 6.07 Å². The number of amides is 1. The molecule has 0 radical (unpaired) electrons. The lowest BCUT2D eigenvalue weighted by Crippen LogP contribution is -2.38. The number of carbonyl (C=O) groups is 1. The normalized spacial score (nSPS) is 20.2. The van der Waals surface area contributed by atoms with Gasteiger partial charge in [-0.15, -0.1) is 0 Å². The second kappa shape index (κ2) is 8.68. The van der Waals surface area contributed by atoms with Gasteiger partial charge < -0.3 is 29.1 Å². The van der Waals surface area contributed by atoms with Gasteiger partial charge in [-0.25, -0.2) is 8.42 Å². The number of hydrogen-bond acceptors (Lipinski definition) is 8. The second-order valence-electron chi connectivity index (χ2n) is 9.38. The maximum atomic E-state index is 13.3. The molecule has 0 spiro atoms. The molecule has 4 aliphatic rings. The summed E-state index contributed by atoms with van der Waals surface area (Å²) in [6, 6.07) is 9.92. The number of benzene rings is 2. The van der Waals surface area contributed by atoms with E-state index >= 15 is 0 Å².